The molecule has 7 N–H and O–H groups in total. The first-order chi connectivity index (χ1) is 26.4. The van der Waals surface area contributed by atoms with Crippen LogP contribution < -0.4 is 37.2 Å². The van der Waals surface area contributed by atoms with Crippen LogP contribution in [0.1, 0.15) is 6.42 Å². The molecular formula is C32H40F16N8. The van der Waals surface area contributed by atoms with E-state index in [9.17, 15) is 35.1 Å². The molecule has 5 aliphatic heterocycles. The Kier molecular flexibility index (Phi) is 10.0. The number of hydrogen-bond donors (Lipinski definition) is 7. The summed E-state index contributed by atoms with van der Waals surface area (Å²) in [5, 5.41) is 17.8. The van der Waals surface area contributed by atoms with Gasteiger partial charge in [-0.15, -0.1) is 9.60 Å². The van der Waals surface area contributed by atoms with Gasteiger partial charge in [0.1, 0.15) is 49.4 Å². The molecule has 8 nitrogen and oxygen atoms in total. The average molecular weight is 841 g/mol. The average Bonchev–Trinajstić information content (AvgIpc) is 3.89. The van der Waals surface area contributed by atoms with Crippen molar-refractivity contribution in [2.24, 2.45) is 47.3 Å². The van der Waals surface area contributed by atoms with Crippen molar-refractivity contribution in [3.63, 3.8) is 0 Å². The van der Waals surface area contributed by atoms with Crippen LogP contribution in [-0.4, -0.2) is 147 Å². The van der Waals surface area contributed by atoms with Crippen LogP contribution >= 0.6 is 0 Å². The van der Waals surface area contributed by atoms with Crippen molar-refractivity contribution in [2.75, 3.05) is 0 Å². The third-order valence-electron chi connectivity index (χ3n) is 14.4. The zero-order valence-corrected chi connectivity index (χ0v) is 28.6. The van der Waals surface area contributed by atoms with Crippen molar-refractivity contribution in [1.82, 2.24) is 42.3 Å². The normalized spacial score (nSPS) is 65.0. The van der Waals surface area contributed by atoms with E-state index in [1.807, 2.05) is 0 Å². The SMILES string of the molecule is FC1CC2C3NC(NC4C5C(F)C(F)C(F)C(F)C5C(NC5NC(NC6NC(N3)C3C(F)C(F)C(F)C(F)C63)C3C(F)C(F)C(F)C(F)C53)N4F)C2C(F)C1F. The highest BCUT2D eigenvalue weighted by Gasteiger charge is 2.69. The largest absolute Gasteiger partial charge is 0.286 e. The smallest absolute Gasteiger partial charge is 0.165 e. The molecule has 0 aromatic rings. The summed E-state index contributed by atoms with van der Waals surface area (Å²) in [4.78, 5) is 0. The van der Waals surface area contributed by atoms with E-state index in [4.69, 9.17) is 0 Å². The highest BCUT2D eigenvalue weighted by atomic mass is 19.2. The first kappa shape index (κ1) is 40.0. The third-order valence-corrected chi connectivity index (χ3v) is 14.4. The summed E-state index contributed by atoms with van der Waals surface area (Å²) in [6.45, 7) is 0. The van der Waals surface area contributed by atoms with Crippen molar-refractivity contribution in [3.8, 4) is 0 Å². The molecule has 0 amide bonds. The van der Waals surface area contributed by atoms with Crippen molar-refractivity contribution < 1.29 is 70.3 Å². The summed E-state index contributed by atoms with van der Waals surface area (Å²) in [5.41, 5.74) is 0. The Hall–Kier alpha value is -1.44. The second-order valence-corrected chi connectivity index (χ2v) is 16.9. The number of hydrogen-bond acceptors (Lipinski definition) is 8. The zero-order chi connectivity index (χ0) is 40.1. The van der Waals surface area contributed by atoms with E-state index in [0.717, 1.165) is 0 Å². The maximum atomic E-state index is 16.7. The van der Waals surface area contributed by atoms with Gasteiger partial charge in [0.2, 0.25) is 0 Å². The molecular weight excluding hydrogens is 800 g/mol. The summed E-state index contributed by atoms with van der Waals surface area (Å²) >= 11 is 0. The Labute approximate surface area is 308 Å². The van der Waals surface area contributed by atoms with Gasteiger partial charge in [-0.05, 0) is 12.3 Å². The molecule has 31 unspecified atom stereocenters. The van der Waals surface area contributed by atoms with Gasteiger partial charge in [0.05, 0.1) is 49.3 Å². The topological polar surface area (TPSA) is 87.4 Å². The maximum Gasteiger partial charge on any atom is 0.165 e. The van der Waals surface area contributed by atoms with Gasteiger partial charge in [-0.25, -0.2) is 65.9 Å². The van der Waals surface area contributed by atoms with Gasteiger partial charge in [-0.3, -0.25) is 37.2 Å². The Bertz CT molecular complexity index is 1470. The molecule has 4 aliphatic carbocycles. The summed E-state index contributed by atoms with van der Waals surface area (Å²) in [6.07, 6.45) is -59.4. The standard InChI is InChI=1S/C32H40F16N8/c33-3-1-2-4(12(35)11(3)34)26-49-25(2)50-27-5-6(14(37)20(43)19(42)13(5)36)28(51-27)52-29-7-8(16(39)22(45)21(44)15(7)38)30(53-29)55-32-10-9(31(54-26)56(32)48)17(40)23(46)24(47)18(10)41/h2-32,49-55H,1H2. The minimum absolute atomic E-state index is 0.348. The maximum absolute atomic E-state index is 16.7. The minimum atomic E-state index is -3.18. The van der Waals surface area contributed by atoms with Crippen molar-refractivity contribution in [3.05, 3.63) is 0 Å². The van der Waals surface area contributed by atoms with Crippen LogP contribution in [0.3, 0.4) is 0 Å². The molecule has 9 rings (SSSR count). The number of rotatable bonds is 0. The fourth-order valence-corrected chi connectivity index (χ4v) is 11.8. The molecule has 24 heteroatoms. The van der Waals surface area contributed by atoms with Crippen LogP contribution in [0.25, 0.3) is 0 Å². The van der Waals surface area contributed by atoms with E-state index in [-0.39, 0.29) is 5.12 Å². The third kappa shape index (κ3) is 5.56. The van der Waals surface area contributed by atoms with Gasteiger partial charge < -0.3 is 0 Å². The van der Waals surface area contributed by atoms with E-state index in [1.54, 1.807) is 0 Å². The molecule has 4 saturated carbocycles. The van der Waals surface area contributed by atoms with Crippen LogP contribution in [0.15, 0.2) is 0 Å². The quantitative estimate of drug-likeness (QED) is 0.148. The molecule has 0 radical (unpaired) electrons. The summed E-state index contributed by atoms with van der Waals surface area (Å²) in [7, 11) is 0. The first-order valence-corrected chi connectivity index (χ1v) is 18.8. The molecule has 8 bridgehead atoms. The fraction of sp³-hybridized carbons (Fsp3) is 1.00. The van der Waals surface area contributed by atoms with Gasteiger partial charge in [0.15, 0.2) is 43.2 Å². The number of alkyl halides is 15. The van der Waals surface area contributed by atoms with Gasteiger partial charge in [-0.1, -0.05) is 0 Å². The lowest BCUT2D eigenvalue weighted by molar-refractivity contribution is -0.0981. The van der Waals surface area contributed by atoms with Crippen LogP contribution in [0.5, 0.6) is 0 Å². The highest BCUT2D eigenvalue weighted by Crippen LogP contribution is 2.52. The van der Waals surface area contributed by atoms with E-state index in [1.165, 1.54) is 0 Å². The zero-order valence-electron chi connectivity index (χ0n) is 28.6. The molecule has 320 valence electrons. The summed E-state index contributed by atoms with van der Waals surface area (Å²) < 4.78 is 247. The lowest BCUT2D eigenvalue weighted by atomic mass is 9.72. The number of nitrogens with one attached hydrogen (secondary N) is 7. The summed E-state index contributed by atoms with van der Waals surface area (Å²) in [5.74, 6) is -15.2. The van der Waals surface area contributed by atoms with E-state index < -0.39 is 196 Å². The fourth-order valence-electron chi connectivity index (χ4n) is 11.8. The number of halogens is 16. The van der Waals surface area contributed by atoms with Crippen LogP contribution in [0.2, 0.25) is 0 Å². The van der Waals surface area contributed by atoms with Crippen molar-refractivity contribution in [1.29, 1.82) is 0 Å². The minimum Gasteiger partial charge on any atom is -0.286 e. The molecule has 5 saturated heterocycles. The van der Waals surface area contributed by atoms with Crippen molar-refractivity contribution in [2.45, 2.75) is 148 Å². The first-order valence-electron chi connectivity index (χ1n) is 18.8. The van der Waals surface area contributed by atoms with Gasteiger partial charge >= 0.3 is 0 Å². The molecule has 0 spiro atoms. The monoisotopic (exact) mass is 840 g/mol. The Morgan fingerprint density at radius 2 is 0.554 bits per heavy atom. The lowest BCUT2D eigenvalue weighted by Crippen LogP contribution is -2.62. The predicted octanol–water partition coefficient (Wildman–Crippen LogP) is 2.42. The molecule has 9 aliphatic rings. The lowest BCUT2D eigenvalue weighted by Gasteiger charge is -2.42. The molecule has 9 fully saturated rings. The second-order valence-electron chi connectivity index (χ2n) is 16.9. The molecule has 31 atom stereocenters. The van der Waals surface area contributed by atoms with E-state index in [0.29, 0.717) is 0 Å². The molecule has 5 heterocycles. The van der Waals surface area contributed by atoms with Gasteiger partial charge in [0, 0.05) is 41.4 Å². The molecule has 0 aromatic carbocycles. The van der Waals surface area contributed by atoms with Gasteiger partial charge in [0.25, 0.3) is 0 Å². The van der Waals surface area contributed by atoms with Crippen LogP contribution in [0.4, 0.5) is 70.3 Å². The van der Waals surface area contributed by atoms with E-state index in [2.05, 4.69) is 37.2 Å². The molecule has 56 heavy (non-hydrogen) atoms. The Morgan fingerprint density at radius 1 is 0.286 bits per heavy atom. The predicted molar refractivity (Wildman–Crippen MR) is 161 cm³/mol. The number of nitrogens with zero attached hydrogens (tertiary/aromatic N) is 1. The van der Waals surface area contributed by atoms with E-state index >= 15 is 35.2 Å². The number of fused-ring (bicyclic) bond motifs is 20. The second kappa shape index (κ2) is 14.1. The van der Waals surface area contributed by atoms with Crippen LogP contribution in [-0.2, 0) is 0 Å². The highest BCUT2D eigenvalue weighted by molar-refractivity contribution is 5.18. The Morgan fingerprint density at radius 3 is 0.911 bits per heavy atom. The van der Waals surface area contributed by atoms with Crippen molar-refractivity contribution >= 4 is 0 Å². The summed E-state index contributed by atoms with van der Waals surface area (Å²) in [6, 6.07) is 0. The molecule has 0 aromatic heterocycles. The van der Waals surface area contributed by atoms with Crippen LogP contribution in [0, 0.1) is 47.3 Å². The van der Waals surface area contributed by atoms with Gasteiger partial charge in [-0.2, -0.15) is 0 Å². The Balaban J connectivity index is 1.16.